The molecular formula is C11H11Cl. The first-order valence-corrected chi connectivity index (χ1v) is 4.15. The summed E-state index contributed by atoms with van der Waals surface area (Å²) in [4.78, 5) is 0. The zero-order chi connectivity index (χ0) is 8.97. The molecule has 1 heteroatoms. The highest BCUT2D eigenvalue weighted by atomic mass is 35.5. The second-order valence-corrected chi connectivity index (χ2v) is 3.17. The van der Waals surface area contributed by atoms with E-state index in [0.717, 1.165) is 16.2 Å². The zero-order valence-corrected chi connectivity index (χ0v) is 7.81. The van der Waals surface area contributed by atoms with Crippen molar-refractivity contribution in [2.75, 3.05) is 0 Å². The first kappa shape index (κ1) is 9.08. The molecule has 0 bridgehead atoms. The van der Waals surface area contributed by atoms with E-state index in [1.165, 1.54) is 0 Å². The highest BCUT2D eigenvalue weighted by molar-refractivity contribution is 6.30. The molecule has 62 valence electrons. The minimum atomic E-state index is 0.766. The highest BCUT2D eigenvalue weighted by Gasteiger charge is 1.86. The van der Waals surface area contributed by atoms with Crippen LogP contribution in [0.15, 0.2) is 42.5 Å². The monoisotopic (exact) mass is 178 g/mol. The van der Waals surface area contributed by atoms with Crippen LogP contribution in [0.3, 0.4) is 0 Å². The average molecular weight is 179 g/mol. The Kier molecular flexibility index (Phi) is 3.12. The van der Waals surface area contributed by atoms with Gasteiger partial charge in [-0.15, -0.1) is 0 Å². The maximum atomic E-state index is 5.73. The molecule has 1 rings (SSSR count). The molecule has 0 aliphatic rings. The molecule has 0 fully saturated rings. The summed E-state index contributed by atoms with van der Waals surface area (Å²) in [6.45, 7) is 5.74. The van der Waals surface area contributed by atoms with Gasteiger partial charge in [-0.3, -0.25) is 0 Å². The number of allylic oxidation sites excluding steroid dienone is 2. The van der Waals surface area contributed by atoms with Gasteiger partial charge in [0, 0.05) is 5.02 Å². The Morgan fingerprint density at radius 1 is 1.33 bits per heavy atom. The van der Waals surface area contributed by atoms with Gasteiger partial charge in [0.25, 0.3) is 0 Å². The molecular weight excluding hydrogens is 168 g/mol. The van der Waals surface area contributed by atoms with Crippen LogP contribution < -0.4 is 0 Å². The Morgan fingerprint density at radius 2 is 1.92 bits per heavy atom. The Bertz CT molecular complexity index is 293. The van der Waals surface area contributed by atoms with Gasteiger partial charge in [0.15, 0.2) is 0 Å². The van der Waals surface area contributed by atoms with Crippen LogP contribution in [0.4, 0.5) is 0 Å². The van der Waals surface area contributed by atoms with Crippen molar-refractivity contribution in [1.82, 2.24) is 0 Å². The van der Waals surface area contributed by atoms with Gasteiger partial charge in [-0.25, -0.2) is 0 Å². The van der Waals surface area contributed by atoms with Gasteiger partial charge in [-0.1, -0.05) is 48.0 Å². The fourth-order valence-corrected chi connectivity index (χ4v) is 0.938. The predicted octanol–water partition coefficient (Wildman–Crippen LogP) is 3.93. The summed E-state index contributed by atoms with van der Waals surface area (Å²) < 4.78 is 0. The molecule has 1 aromatic carbocycles. The maximum Gasteiger partial charge on any atom is 0.0406 e. The summed E-state index contributed by atoms with van der Waals surface area (Å²) in [5.41, 5.74) is 2.19. The normalized spacial score (nSPS) is 10.5. The SMILES string of the molecule is C=C(C)/C=C\c1ccc(Cl)cc1. The maximum absolute atomic E-state index is 5.73. The number of halogens is 1. The second-order valence-electron chi connectivity index (χ2n) is 2.73. The van der Waals surface area contributed by atoms with Crippen LogP contribution in [0.25, 0.3) is 6.08 Å². The molecule has 0 atom stereocenters. The van der Waals surface area contributed by atoms with Crippen molar-refractivity contribution < 1.29 is 0 Å². The number of hydrogen-bond acceptors (Lipinski definition) is 0. The van der Waals surface area contributed by atoms with E-state index < -0.39 is 0 Å². The van der Waals surface area contributed by atoms with E-state index in [0.29, 0.717) is 0 Å². The molecule has 0 N–H and O–H groups in total. The number of benzene rings is 1. The smallest absolute Gasteiger partial charge is 0.0406 e. The van der Waals surface area contributed by atoms with Crippen molar-refractivity contribution >= 4 is 17.7 Å². The summed E-state index contributed by atoms with van der Waals surface area (Å²) in [6, 6.07) is 7.70. The Balaban J connectivity index is 2.77. The van der Waals surface area contributed by atoms with Gasteiger partial charge in [0.2, 0.25) is 0 Å². The van der Waals surface area contributed by atoms with Crippen LogP contribution in [0, 0.1) is 0 Å². The Labute approximate surface area is 78.2 Å². The quantitative estimate of drug-likeness (QED) is 0.602. The van der Waals surface area contributed by atoms with E-state index in [1.54, 1.807) is 0 Å². The summed E-state index contributed by atoms with van der Waals surface area (Å²) in [6.07, 6.45) is 3.99. The van der Waals surface area contributed by atoms with Crippen molar-refractivity contribution in [2.24, 2.45) is 0 Å². The van der Waals surface area contributed by atoms with Gasteiger partial charge in [-0.05, 0) is 24.6 Å². The lowest BCUT2D eigenvalue weighted by atomic mass is 10.2. The second kappa shape index (κ2) is 4.13. The van der Waals surface area contributed by atoms with Crippen molar-refractivity contribution in [2.45, 2.75) is 6.92 Å². The number of rotatable bonds is 2. The van der Waals surface area contributed by atoms with E-state index in [9.17, 15) is 0 Å². The molecule has 0 nitrogen and oxygen atoms in total. The fourth-order valence-electron chi connectivity index (χ4n) is 0.812. The van der Waals surface area contributed by atoms with Crippen molar-refractivity contribution in [1.29, 1.82) is 0 Å². The van der Waals surface area contributed by atoms with Gasteiger partial charge >= 0.3 is 0 Å². The Hall–Kier alpha value is -1.01. The molecule has 0 saturated carbocycles. The number of hydrogen-bond donors (Lipinski definition) is 0. The van der Waals surface area contributed by atoms with E-state index >= 15 is 0 Å². The fraction of sp³-hybridized carbons (Fsp3) is 0.0909. The molecule has 12 heavy (non-hydrogen) atoms. The summed E-state index contributed by atoms with van der Waals surface area (Å²) >= 11 is 5.73. The van der Waals surface area contributed by atoms with E-state index in [2.05, 4.69) is 6.58 Å². The van der Waals surface area contributed by atoms with Crippen LogP contribution in [0.5, 0.6) is 0 Å². The van der Waals surface area contributed by atoms with Crippen LogP contribution in [-0.4, -0.2) is 0 Å². The third-order valence-electron chi connectivity index (χ3n) is 1.43. The first-order chi connectivity index (χ1) is 5.68. The third-order valence-corrected chi connectivity index (χ3v) is 1.68. The van der Waals surface area contributed by atoms with Crippen molar-refractivity contribution in [3.8, 4) is 0 Å². The van der Waals surface area contributed by atoms with E-state index in [-0.39, 0.29) is 0 Å². The van der Waals surface area contributed by atoms with E-state index in [4.69, 9.17) is 11.6 Å². The van der Waals surface area contributed by atoms with Crippen LogP contribution in [-0.2, 0) is 0 Å². The van der Waals surface area contributed by atoms with Crippen LogP contribution in [0.1, 0.15) is 12.5 Å². The lowest BCUT2D eigenvalue weighted by Gasteiger charge is -1.92. The molecule has 0 saturated heterocycles. The van der Waals surface area contributed by atoms with Gasteiger partial charge in [-0.2, -0.15) is 0 Å². The summed E-state index contributed by atoms with van der Waals surface area (Å²) in [5, 5.41) is 0.766. The average Bonchev–Trinajstić information content (AvgIpc) is 2.03. The first-order valence-electron chi connectivity index (χ1n) is 3.77. The summed E-state index contributed by atoms with van der Waals surface area (Å²) in [7, 11) is 0. The molecule has 0 spiro atoms. The lowest BCUT2D eigenvalue weighted by molar-refractivity contribution is 1.57. The van der Waals surface area contributed by atoms with Crippen LogP contribution in [0.2, 0.25) is 5.02 Å². The molecule has 0 heterocycles. The van der Waals surface area contributed by atoms with Crippen molar-refractivity contribution in [3.63, 3.8) is 0 Å². The molecule has 0 aromatic heterocycles. The van der Waals surface area contributed by atoms with Crippen LogP contribution >= 0.6 is 11.6 Å². The van der Waals surface area contributed by atoms with Gasteiger partial charge in [0.1, 0.15) is 0 Å². The standard InChI is InChI=1S/C11H11Cl/c1-9(2)3-4-10-5-7-11(12)8-6-10/h3-8H,1H2,2H3/b4-3-. The minimum absolute atomic E-state index is 0.766. The minimum Gasteiger partial charge on any atom is -0.0961 e. The Morgan fingerprint density at radius 3 is 2.42 bits per heavy atom. The van der Waals surface area contributed by atoms with E-state index in [1.807, 2.05) is 43.3 Å². The largest absolute Gasteiger partial charge is 0.0961 e. The molecule has 0 unspecified atom stereocenters. The summed E-state index contributed by atoms with van der Waals surface area (Å²) in [5.74, 6) is 0. The zero-order valence-electron chi connectivity index (χ0n) is 7.05. The van der Waals surface area contributed by atoms with Crippen molar-refractivity contribution in [3.05, 3.63) is 53.1 Å². The molecule has 0 aliphatic heterocycles. The topological polar surface area (TPSA) is 0 Å². The molecule has 1 aromatic rings. The molecule has 0 radical (unpaired) electrons. The molecule has 0 aliphatic carbocycles. The third kappa shape index (κ3) is 2.93. The lowest BCUT2D eigenvalue weighted by Crippen LogP contribution is -1.70. The van der Waals surface area contributed by atoms with Gasteiger partial charge < -0.3 is 0 Å². The predicted molar refractivity (Wildman–Crippen MR) is 55.3 cm³/mol. The van der Waals surface area contributed by atoms with Gasteiger partial charge in [0.05, 0.1) is 0 Å². The highest BCUT2D eigenvalue weighted by Crippen LogP contribution is 2.11. The molecule has 0 amide bonds.